The van der Waals surface area contributed by atoms with E-state index in [1.54, 1.807) is 43.3 Å². The minimum Gasteiger partial charge on any atom is -0.207 e. The maximum Gasteiger partial charge on any atom is 0.131 e. The van der Waals surface area contributed by atoms with Crippen LogP contribution in [-0.2, 0) is 5.41 Å². The third-order valence-corrected chi connectivity index (χ3v) is 25.9. The molecule has 0 N–H and O–H groups in total. The molecule has 1 aliphatic rings. The van der Waals surface area contributed by atoms with Gasteiger partial charge in [-0.2, -0.15) is 0 Å². The molecule has 20 aromatic rings. The van der Waals surface area contributed by atoms with Gasteiger partial charge >= 0.3 is 0 Å². The molecule has 0 amide bonds. The molecule has 0 fully saturated rings. The van der Waals surface area contributed by atoms with Crippen LogP contribution in [0.25, 0.3) is 122 Å². The first kappa shape index (κ1) is 103. The Morgan fingerprint density at radius 1 is 0.141 bits per heavy atom. The lowest BCUT2D eigenvalue weighted by Crippen LogP contribution is -2.14. The number of aryl methyl sites for hydroxylation is 9. The molecule has 0 nitrogen and oxygen atoms in total. The van der Waals surface area contributed by atoms with E-state index in [4.69, 9.17) is 0 Å². The van der Waals surface area contributed by atoms with Gasteiger partial charge in [-0.05, 0) is 328 Å². The van der Waals surface area contributed by atoms with Crippen LogP contribution in [0.1, 0.15) is 97.3 Å². The molecule has 0 heterocycles. The normalized spacial score (nSPS) is 10.9. The summed E-state index contributed by atoms with van der Waals surface area (Å²) in [6.07, 6.45) is 0. The van der Waals surface area contributed by atoms with Crippen LogP contribution >= 0.6 is 0 Å². The van der Waals surface area contributed by atoms with E-state index in [0.717, 1.165) is 61.2 Å². The van der Waals surface area contributed by atoms with E-state index >= 15 is 0 Å². The number of rotatable bonds is 10. The van der Waals surface area contributed by atoms with E-state index in [1.807, 2.05) is 202 Å². The molecule has 0 saturated carbocycles. The van der Waals surface area contributed by atoms with E-state index < -0.39 is 11.6 Å². The van der Waals surface area contributed by atoms with Crippen molar-refractivity contribution in [2.24, 2.45) is 0 Å². The Labute approximate surface area is 837 Å². The van der Waals surface area contributed by atoms with Gasteiger partial charge in [-0.3, -0.25) is 0 Å². The van der Waals surface area contributed by atoms with E-state index in [0.29, 0.717) is 22.3 Å². The van der Waals surface area contributed by atoms with Gasteiger partial charge < -0.3 is 0 Å². The summed E-state index contributed by atoms with van der Waals surface area (Å²) in [5.41, 5.74) is 41.8. The van der Waals surface area contributed by atoms with Crippen molar-refractivity contribution in [1.82, 2.24) is 0 Å². The number of halogens is 6. The topological polar surface area (TPSA) is 0 Å². The summed E-state index contributed by atoms with van der Waals surface area (Å²) in [5.74, 6) is -1.67. The first-order chi connectivity index (χ1) is 68.5. The smallest absolute Gasteiger partial charge is 0.131 e. The van der Waals surface area contributed by atoms with Crippen molar-refractivity contribution < 1.29 is 26.3 Å². The maximum absolute atomic E-state index is 14.2. The SMILES string of the molecule is Cc1c(F)cc(-c2ccccc2)cc1-c1ccccc1.Cc1c(F)cc(-c2ccccc2)cc1F.Cc1cc(-c2ccccc2)cc(-c2ccccc2)c1C.Cc1cc(-c2ccccc2)cc(C)c1C.Cc1ccc(-c2ccc(F)cc2)cc1.Cc1ccc(-c2ccccc2)c(F)c1.Cc1ccc(-c2ccccc2)cc1C.Cc1ccc(-c2ccccc2)cc1F.Cc1ccc2c(c1)C(C)(C)c1ccccc1-2. The predicted octanol–water partition coefficient (Wildman–Crippen LogP) is 39.0. The molecule has 20 aromatic carbocycles. The number of hydrogen-bond donors (Lipinski definition) is 0. The van der Waals surface area contributed by atoms with Gasteiger partial charge in [0.15, 0.2) is 0 Å². The molecule has 708 valence electrons. The van der Waals surface area contributed by atoms with Crippen LogP contribution in [0, 0.1) is 125 Å². The van der Waals surface area contributed by atoms with Crippen LogP contribution in [0.4, 0.5) is 26.3 Å². The van der Waals surface area contributed by atoms with E-state index in [2.05, 4.69) is 295 Å². The lowest BCUT2D eigenvalue weighted by Gasteiger charge is -2.21. The minimum absolute atomic E-state index is 0.0645. The van der Waals surface area contributed by atoms with Crippen LogP contribution in [0.15, 0.2) is 467 Å². The molecule has 0 atom stereocenters. The fourth-order valence-electron chi connectivity index (χ4n) is 16.9. The molecular formula is C136H122F6. The second-order valence-corrected chi connectivity index (χ2v) is 36.5. The highest BCUT2D eigenvalue weighted by Crippen LogP contribution is 2.49. The standard InChI is InChI=1S/C20H18.C19H15F.C16H16.C15H16.C14H14.C13H10F2.3C13H11F/c1-15-13-19(17-9-5-3-6-10-17)14-20(16(15)2)18-11-7-4-8-12-18;1-14-18(16-10-6-3-7-11-16)12-17(13-19(14)20)15-8-4-2-5-9-15;1-11-8-9-13-12-6-4-5-7-14(12)16(2,3)15(13)10-11;1-11-9-15(10-12(2)13(11)3)14-7-5-4-6-8-14;1-11-8-9-14(10-12(11)2)13-6-4-3-5-7-13;1-9-12(14)7-11(8-13(9)15)10-5-3-2-4-6-10;1-10-2-4-11(5-3-10)12-6-8-13(14)9-7-12;1-10-7-8-12(9-13(10)14)11-5-3-2-4-6-11;1-10-7-8-12(13(14)9-10)11-5-3-2-4-6-11/h3-14H,1-2H3;2-13H,1H3;4-10H,1-3H3;4-10H,1-3H3;3-10H,1-2H3;2-8H,1H3;3*2-9H,1H3. The predicted molar refractivity (Wildman–Crippen MR) is 591 cm³/mol. The van der Waals surface area contributed by atoms with Crippen LogP contribution < -0.4 is 0 Å². The summed E-state index contributed by atoms with van der Waals surface area (Å²) in [5, 5.41) is 0. The van der Waals surface area contributed by atoms with Crippen LogP contribution in [0.5, 0.6) is 0 Å². The summed E-state index contributed by atoms with van der Waals surface area (Å²) in [7, 11) is 0. The van der Waals surface area contributed by atoms with Gasteiger partial charge in [0.1, 0.15) is 34.9 Å². The fourth-order valence-corrected chi connectivity index (χ4v) is 16.9. The molecular weight excluding hydrogens is 1750 g/mol. The van der Waals surface area contributed by atoms with Gasteiger partial charge in [0.25, 0.3) is 0 Å². The lowest BCUT2D eigenvalue weighted by atomic mass is 9.82. The zero-order valence-corrected chi connectivity index (χ0v) is 83.7. The molecule has 0 radical (unpaired) electrons. The Morgan fingerprint density at radius 2 is 0.415 bits per heavy atom. The minimum atomic E-state index is -0.506. The Balaban J connectivity index is 0.000000135. The monoisotopic (exact) mass is 1870 g/mol. The van der Waals surface area contributed by atoms with Crippen LogP contribution in [-0.4, -0.2) is 0 Å². The van der Waals surface area contributed by atoms with Crippen molar-refractivity contribution in [2.75, 3.05) is 0 Å². The summed E-state index contributed by atoms with van der Waals surface area (Å²) >= 11 is 0. The van der Waals surface area contributed by atoms with Crippen molar-refractivity contribution >= 4 is 0 Å². The number of benzene rings is 20. The second-order valence-electron chi connectivity index (χ2n) is 36.5. The Morgan fingerprint density at radius 3 is 0.824 bits per heavy atom. The molecule has 21 rings (SSSR count). The van der Waals surface area contributed by atoms with Gasteiger partial charge in [-0.15, -0.1) is 0 Å². The summed E-state index contributed by atoms with van der Waals surface area (Å²) in [4.78, 5) is 0. The second kappa shape index (κ2) is 50.0. The van der Waals surface area contributed by atoms with Gasteiger partial charge in [0.05, 0.1) is 0 Å². The van der Waals surface area contributed by atoms with Crippen molar-refractivity contribution in [3.8, 4) is 122 Å². The Bertz CT molecular complexity index is 7070. The van der Waals surface area contributed by atoms with Gasteiger partial charge in [0, 0.05) is 16.5 Å². The molecule has 0 unspecified atom stereocenters. The highest BCUT2D eigenvalue weighted by Gasteiger charge is 2.35. The highest BCUT2D eigenvalue weighted by molar-refractivity contribution is 5.82. The van der Waals surface area contributed by atoms with E-state index in [9.17, 15) is 26.3 Å². The molecule has 0 bridgehead atoms. The van der Waals surface area contributed by atoms with Crippen LogP contribution in [0.2, 0.25) is 0 Å². The van der Waals surface area contributed by atoms with Crippen molar-refractivity contribution in [3.05, 3.63) is 585 Å². The quantitative estimate of drug-likeness (QED) is 0.120. The largest absolute Gasteiger partial charge is 0.207 e. The zero-order chi connectivity index (χ0) is 101. The van der Waals surface area contributed by atoms with Gasteiger partial charge in [-0.25, -0.2) is 26.3 Å². The molecule has 1 aliphatic carbocycles. The molecule has 0 saturated heterocycles. The highest BCUT2D eigenvalue weighted by atomic mass is 19.2. The summed E-state index contributed by atoms with van der Waals surface area (Å²) in [6.45, 7) is 31.0. The number of hydrogen-bond acceptors (Lipinski definition) is 0. The molecule has 142 heavy (non-hydrogen) atoms. The molecule has 0 spiro atoms. The lowest BCUT2D eigenvalue weighted by molar-refractivity contribution is 0.569. The zero-order valence-electron chi connectivity index (χ0n) is 83.7. The maximum atomic E-state index is 14.2. The average Bonchev–Trinajstić information content (AvgIpc) is 1.58. The molecule has 6 heteroatoms. The van der Waals surface area contributed by atoms with Crippen molar-refractivity contribution in [2.45, 2.75) is 109 Å². The molecule has 0 aromatic heterocycles. The van der Waals surface area contributed by atoms with Crippen LogP contribution in [0.3, 0.4) is 0 Å². The van der Waals surface area contributed by atoms with E-state index in [-0.39, 0.29) is 34.2 Å². The van der Waals surface area contributed by atoms with Gasteiger partial charge in [0.2, 0.25) is 0 Å². The summed E-state index contributed by atoms with van der Waals surface area (Å²) in [6, 6.07) is 154. The first-order valence-corrected chi connectivity index (χ1v) is 48.1. The third-order valence-electron chi connectivity index (χ3n) is 25.9. The first-order valence-electron chi connectivity index (χ1n) is 48.1. The Hall–Kier alpha value is -16.0. The van der Waals surface area contributed by atoms with Crippen molar-refractivity contribution in [3.63, 3.8) is 0 Å². The Kier molecular flexibility index (Phi) is 36.4. The van der Waals surface area contributed by atoms with Crippen molar-refractivity contribution in [1.29, 1.82) is 0 Å². The number of fused-ring (bicyclic) bond motifs is 3. The fraction of sp³-hybridized carbons (Fsp3) is 0.118. The molecule has 0 aliphatic heterocycles. The third kappa shape index (κ3) is 28.0. The summed E-state index contributed by atoms with van der Waals surface area (Å²) < 4.78 is 80.2. The van der Waals surface area contributed by atoms with E-state index in [1.165, 1.54) is 148 Å². The van der Waals surface area contributed by atoms with Gasteiger partial charge in [-0.1, -0.05) is 437 Å². The average molecular weight is 1870 g/mol.